The summed E-state index contributed by atoms with van der Waals surface area (Å²) in [4.78, 5) is 21.6. The van der Waals surface area contributed by atoms with E-state index < -0.39 is 6.09 Å². The molecule has 10 heavy (non-hydrogen) atoms. The van der Waals surface area contributed by atoms with Gasteiger partial charge in [0.1, 0.15) is 0 Å². The quantitative estimate of drug-likeness (QED) is 0.543. The molecule has 0 atom stereocenters. The van der Waals surface area contributed by atoms with Crippen LogP contribution in [0.4, 0.5) is 4.79 Å². The molecule has 0 unspecified atom stereocenters. The van der Waals surface area contributed by atoms with Gasteiger partial charge in [-0.1, -0.05) is 0 Å². The highest BCUT2D eigenvalue weighted by Gasteiger charge is 2.09. The fourth-order valence-electron chi connectivity index (χ4n) is 0.582. The summed E-state index contributed by atoms with van der Waals surface area (Å²) >= 11 is 0. The maximum absolute atomic E-state index is 10.6. The first-order valence-electron chi connectivity index (χ1n) is 3.09. The molecule has 0 spiro atoms. The van der Waals surface area contributed by atoms with Crippen LogP contribution in [0.5, 0.6) is 0 Å². The first kappa shape index (κ1) is 8.94. The lowest BCUT2D eigenvalue weighted by molar-refractivity contribution is 0.151. The maximum Gasteiger partial charge on any atom is 0.426 e. The molecule has 0 N–H and O–H groups in total. The Bertz CT molecular complexity index is 120. The molecular weight excluding hydrogens is 134 g/mol. The van der Waals surface area contributed by atoms with Crippen molar-refractivity contribution >= 4 is 12.6 Å². The average molecular weight is 144 g/mol. The van der Waals surface area contributed by atoms with Crippen LogP contribution in [-0.4, -0.2) is 30.6 Å². The Balaban J connectivity index is 3.76. The molecule has 0 rings (SSSR count). The highest BCUT2D eigenvalue weighted by atomic mass is 16.6. The van der Waals surface area contributed by atoms with Gasteiger partial charge in [-0.2, -0.15) is 0 Å². The van der Waals surface area contributed by atoms with Crippen molar-refractivity contribution in [1.82, 2.24) is 4.90 Å². The third kappa shape index (κ3) is 2.48. The van der Waals surface area contributed by atoms with Crippen molar-refractivity contribution in [3.63, 3.8) is 0 Å². The molecule has 4 nitrogen and oxygen atoms in total. The van der Waals surface area contributed by atoms with Crippen LogP contribution >= 0.6 is 0 Å². The zero-order chi connectivity index (χ0) is 7.98. The standard InChI is InChI=1S/C6H10NO3/c1-3-7(4-2)6(9)10-5-8/h3-4H2,1-2H3. The van der Waals surface area contributed by atoms with Crippen molar-refractivity contribution in [1.29, 1.82) is 0 Å². The van der Waals surface area contributed by atoms with Crippen LogP contribution in [-0.2, 0) is 9.53 Å². The summed E-state index contributed by atoms with van der Waals surface area (Å²) < 4.78 is 3.97. The van der Waals surface area contributed by atoms with Crippen LogP contribution in [0.15, 0.2) is 0 Å². The minimum Gasteiger partial charge on any atom is -0.367 e. The fraction of sp³-hybridized carbons (Fsp3) is 0.667. The van der Waals surface area contributed by atoms with Gasteiger partial charge < -0.3 is 9.64 Å². The van der Waals surface area contributed by atoms with Gasteiger partial charge in [-0.3, -0.25) is 0 Å². The van der Waals surface area contributed by atoms with E-state index in [9.17, 15) is 9.59 Å². The van der Waals surface area contributed by atoms with Crippen LogP contribution in [0.2, 0.25) is 0 Å². The third-order valence-corrected chi connectivity index (χ3v) is 1.15. The van der Waals surface area contributed by atoms with Gasteiger partial charge in [-0.05, 0) is 13.8 Å². The predicted molar refractivity (Wildman–Crippen MR) is 35.1 cm³/mol. The van der Waals surface area contributed by atoms with Gasteiger partial charge in [0.15, 0.2) is 0 Å². The lowest BCUT2D eigenvalue weighted by atomic mass is 10.6. The van der Waals surface area contributed by atoms with E-state index in [-0.39, 0.29) is 0 Å². The molecule has 0 aliphatic heterocycles. The number of hydrogen-bond donors (Lipinski definition) is 0. The van der Waals surface area contributed by atoms with E-state index in [1.165, 1.54) is 4.90 Å². The van der Waals surface area contributed by atoms with Crippen molar-refractivity contribution < 1.29 is 14.3 Å². The van der Waals surface area contributed by atoms with Crippen LogP contribution in [0.3, 0.4) is 0 Å². The van der Waals surface area contributed by atoms with E-state index in [0.29, 0.717) is 13.1 Å². The number of carbonyl (C=O) groups is 1. The Morgan fingerprint density at radius 1 is 1.50 bits per heavy atom. The van der Waals surface area contributed by atoms with Gasteiger partial charge in [-0.25, -0.2) is 9.59 Å². The molecule has 1 amide bonds. The molecule has 0 aliphatic rings. The van der Waals surface area contributed by atoms with E-state index in [1.807, 2.05) is 0 Å². The van der Waals surface area contributed by atoms with Crippen molar-refractivity contribution in [2.75, 3.05) is 13.1 Å². The topological polar surface area (TPSA) is 46.6 Å². The van der Waals surface area contributed by atoms with Gasteiger partial charge in [0, 0.05) is 13.1 Å². The van der Waals surface area contributed by atoms with E-state index >= 15 is 0 Å². The molecule has 0 saturated heterocycles. The molecule has 0 heterocycles. The normalized spacial score (nSPS) is 8.60. The third-order valence-electron chi connectivity index (χ3n) is 1.15. The molecule has 57 valence electrons. The number of hydrogen-bond acceptors (Lipinski definition) is 3. The summed E-state index contributed by atoms with van der Waals surface area (Å²) in [6.45, 7) is 5.76. The zero-order valence-corrected chi connectivity index (χ0v) is 6.09. The lowest BCUT2D eigenvalue weighted by Gasteiger charge is -2.14. The highest BCUT2D eigenvalue weighted by molar-refractivity contribution is 5.74. The van der Waals surface area contributed by atoms with E-state index in [2.05, 4.69) is 4.74 Å². The Morgan fingerprint density at radius 3 is 2.30 bits per heavy atom. The first-order chi connectivity index (χ1) is 4.76. The second-order valence-electron chi connectivity index (χ2n) is 1.62. The summed E-state index contributed by atoms with van der Waals surface area (Å²) in [5.74, 6) is 0. The number of ether oxygens (including phenoxy) is 1. The monoisotopic (exact) mass is 144 g/mol. The molecule has 0 aromatic heterocycles. The van der Waals surface area contributed by atoms with Crippen LogP contribution in [0, 0.1) is 0 Å². The van der Waals surface area contributed by atoms with E-state index in [0.717, 1.165) is 6.47 Å². The number of rotatable bonds is 3. The Hall–Kier alpha value is -1.06. The SMILES string of the molecule is CCN(CC)C(=O)O[C]=O. The molecule has 4 heteroatoms. The summed E-state index contributed by atoms with van der Waals surface area (Å²) in [6, 6.07) is 0. The molecule has 0 fully saturated rings. The largest absolute Gasteiger partial charge is 0.426 e. The summed E-state index contributed by atoms with van der Waals surface area (Å²) in [6.07, 6.45) is -0.639. The molecule has 0 aromatic carbocycles. The van der Waals surface area contributed by atoms with Crippen molar-refractivity contribution in [2.24, 2.45) is 0 Å². The molecule has 1 radical (unpaired) electrons. The Labute approximate surface area is 59.8 Å². The maximum atomic E-state index is 10.6. The van der Waals surface area contributed by atoms with Gasteiger partial charge >= 0.3 is 12.6 Å². The smallest absolute Gasteiger partial charge is 0.367 e. The second-order valence-corrected chi connectivity index (χ2v) is 1.62. The van der Waals surface area contributed by atoms with Gasteiger partial charge in [0.2, 0.25) is 0 Å². The van der Waals surface area contributed by atoms with E-state index in [4.69, 9.17) is 0 Å². The summed E-state index contributed by atoms with van der Waals surface area (Å²) in [5.41, 5.74) is 0. The van der Waals surface area contributed by atoms with Crippen LogP contribution < -0.4 is 0 Å². The van der Waals surface area contributed by atoms with Crippen LogP contribution in [0.25, 0.3) is 0 Å². The number of carbonyl (C=O) groups excluding carboxylic acids is 2. The Morgan fingerprint density at radius 2 is 2.00 bits per heavy atom. The van der Waals surface area contributed by atoms with Crippen molar-refractivity contribution in [2.45, 2.75) is 13.8 Å². The molecule has 0 aromatic rings. The minimum atomic E-state index is -0.639. The molecule has 0 saturated carbocycles. The highest BCUT2D eigenvalue weighted by Crippen LogP contribution is 1.90. The molecule has 0 bridgehead atoms. The van der Waals surface area contributed by atoms with Crippen molar-refractivity contribution in [3.8, 4) is 0 Å². The number of amides is 1. The molecular formula is C6H10NO3. The first-order valence-corrected chi connectivity index (χ1v) is 3.09. The van der Waals surface area contributed by atoms with Gasteiger partial charge in [0.25, 0.3) is 0 Å². The lowest BCUT2D eigenvalue weighted by Crippen LogP contribution is -2.30. The number of nitrogens with zero attached hydrogens (tertiary/aromatic N) is 1. The van der Waals surface area contributed by atoms with Crippen molar-refractivity contribution in [3.05, 3.63) is 0 Å². The van der Waals surface area contributed by atoms with Crippen LogP contribution in [0.1, 0.15) is 13.8 Å². The molecule has 0 aliphatic carbocycles. The minimum absolute atomic E-state index is 0.539. The second kappa shape index (κ2) is 4.78. The fourth-order valence-corrected chi connectivity index (χ4v) is 0.582. The van der Waals surface area contributed by atoms with Gasteiger partial charge in [-0.15, -0.1) is 0 Å². The summed E-state index contributed by atoms with van der Waals surface area (Å²) in [5, 5.41) is 0. The van der Waals surface area contributed by atoms with Gasteiger partial charge in [0.05, 0.1) is 0 Å². The summed E-state index contributed by atoms with van der Waals surface area (Å²) in [7, 11) is 0. The Kier molecular flexibility index (Phi) is 4.28. The average Bonchev–Trinajstić information content (AvgIpc) is 1.91. The predicted octanol–water partition coefficient (Wildman–Crippen LogP) is 0.532. The zero-order valence-electron chi connectivity index (χ0n) is 6.09. The van der Waals surface area contributed by atoms with E-state index in [1.54, 1.807) is 13.8 Å².